The van der Waals surface area contributed by atoms with Gasteiger partial charge in [0.15, 0.2) is 0 Å². The standard InChI is InChI=1S/C12H9F3N2O3/c1-6-9(18)16-11(20)17(10(6)19)8-4-2-7(3-5-8)12(13,14)15/h2-5,19H,1H3,(H,16,18,20). The number of H-pyrrole nitrogens is 1. The Morgan fingerprint density at radius 3 is 2.20 bits per heavy atom. The minimum absolute atomic E-state index is 0.0138. The number of aromatic amines is 1. The smallest absolute Gasteiger partial charge is 0.416 e. The Morgan fingerprint density at radius 2 is 1.70 bits per heavy atom. The molecule has 2 rings (SSSR count). The summed E-state index contributed by atoms with van der Waals surface area (Å²) in [5.74, 6) is -0.612. The molecule has 8 heteroatoms. The Morgan fingerprint density at radius 1 is 1.15 bits per heavy atom. The molecule has 2 aromatic rings. The van der Waals surface area contributed by atoms with Crippen molar-refractivity contribution in [3.63, 3.8) is 0 Å². The summed E-state index contributed by atoms with van der Waals surface area (Å²) in [4.78, 5) is 24.8. The molecule has 0 unspecified atom stereocenters. The lowest BCUT2D eigenvalue weighted by molar-refractivity contribution is -0.137. The molecular formula is C12H9F3N2O3. The third-order valence-corrected chi connectivity index (χ3v) is 2.76. The number of halogens is 3. The van der Waals surface area contributed by atoms with Crippen LogP contribution in [-0.4, -0.2) is 14.7 Å². The minimum Gasteiger partial charge on any atom is -0.494 e. The molecule has 0 bridgehead atoms. The van der Waals surface area contributed by atoms with Gasteiger partial charge in [0.2, 0.25) is 5.88 Å². The third-order valence-electron chi connectivity index (χ3n) is 2.76. The molecule has 0 fully saturated rings. The molecule has 5 nitrogen and oxygen atoms in total. The van der Waals surface area contributed by atoms with E-state index in [0.29, 0.717) is 0 Å². The van der Waals surface area contributed by atoms with Crippen LogP contribution in [0.4, 0.5) is 13.2 Å². The molecule has 0 aliphatic carbocycles. The van der Waals surface area contributed by atoms with Crippen molar-refractivity contribution in [3.8, 4) is 11.6 Å². The van der Waals surface area contributed by atoms with E-state index in [1.165, 1.54) is 6.92 Å². The van der Waals surface area contributed by atoms with Gasteiger partial charge < -0.3 is 5.11 Å². The molecule has 0 saturated heterocycles. The van der Waals surface area contributed by atoms with E-state index in [1.807, 2.05) is 4.98 Å². The molecule has 106 valence electrons. The predicted octanol–water partition coefficient (Wildman–Crippen LogP) is 1.56. The lowest BCUT2D eigenvalue weighted by atomic mass is 10.2. The fourth-order valence-corrected chi connectivity index (χ4v) is 1.65. The van der Waals surface area contributed by atoms with Gasteiger partial charge in [-0.2, -0.15) is 13.2 Å². The Kier molecular flexibility index (Phi) is 3.16. The van der Waals surface area contributed by atoms with E-state index in [0.717, 1.165) is 28.8 Å². The van der Waals surface area contributed by atoms with Crippen LogP contribution in [0, 0.1) is 6.92 Å². The Bertz CT molecular complexity index is 757. The Hall–Kier alpha value is -2.51. The summed E-state index contributed by atoms with van der Waals surface area (Å²) in [6.45, 7) is 1.29. The molecule has 0 saturated carbocycles. The third kappa shape index (κ3) is 2.31. The first-order chi connectivity index (χ1) is 9.21. The van der Waals surface area contributed by atoms with Gasteiger partial charge in [0.05, 0.1) is 16.8 Å². The Labute approximate surface area is 109 Å². The lowest BCUT2D eigenvalue weighted by Gasteiger charge is -2.11. The fraction of sp³-hybridized carbons (Fsp3) is 0.167. The van der Waals surface area contributed by atoms with Gasteiger partial charge in [-0.3, -0.25) is 9.78 Å². The maximum absolute atomic E-state index is 12.4. The molecular weight excluding hydrogens is 277 g/mol. The van der Waals surface area contributed by atoms with Crippen molar-refractivity contribution in [2.24, 2.45) is 0 Å². The van der Waals surface area contributed by atoms with Crippen molar-refractivity contribution in [1.29, 1.82) is 0 Å². The quantitative estimate of drug-likeness (QED) is 0.835. The number of nitrogens with one attached hydrogen (secondary N) is 1. The van der Waals surface area contributed by atoms with Gasteiger partial charge in [-0.15, -0.1) is 0 Å². The molecule has 2 N–H and O–H groups in total. The van der Waals surface area contributed by atoms with Crippen LogP contribution in [0.25, 0.3) is 5.69 Å². The van der Waals surface area contributed by atoms with E-state index in [2.05, 4.69) is 0 Å². The minimum atomic E-state index is -4.49. The highest BCUT2D eigenvalue weighted by Gasteiger charge is 2.30. The molecule has 0 aliphatic heterocycles. The van der Waals surface area contributed by atoms with Crippen LogP contribution in [-0.2, 0) is 6.18 Å². The van der Waals surface area contributed by atoms with Crippen molar-refractivity contribution >= 4 is 0 Å². The van der Waals surface area contributed by atoms with Crippen molar-refractivity contribution < 1.29 is 18.3 Å². The van der Waals surface area contributed by atoms with Gasteiger partial charge in [-0.25, -0.2) is 9.36 Å². The number of aromatic nitrogens is 2. The summed E-state index contributed by atoms with van der Waals surface area (Å²) in [7, 11) is 0. The number of benzene rings is 1. The highest BCUT2D eigenvalue weighted by Crippen LogP contribution is 2.29. The maximum Gasteiger partial charge on any atom is 0.416 e. The second-order valence-corrected chi connectivity index (χ2v) is 4.09. The predicted molar refractivity (Wildman–Crippen MR) is 64.1 cm³/mol. The number of hydrogen-bond acceptors (Lipinski definition) is 3. The number of nitrogens with zero attached hydrogens (tertiary/aromatic N) is 1. The molecule has 0 radical (unpaired) electrons. The summed E-state index contributed by atoms with van der Waals surface area (Å²) in [6.07, 6.45) is -4.49. The molecule has 0 atom stereocenters. The fourth-order valence-electron chi connectivity index (χ4n) is 1.65. The first-order valence-electron chi connectivity index (χ1n) is 5.44. The van der Waals surface area contributed by atoms with Crippen LogP contribution < -0.4 is 11.2 Å². The van der Waals surface area contributed by atoms with Crippen LogP contribution >= 0.6 is 0 Å². The first kappa shape index (κ1) is 13.9. The van der Waals surface area contributed by atoms with Gasteiger partial charge in [0.25, 0.3) is 5.56 Å². The number of rotatable bonds is 1. The zero-order chi connectivity index (χ0) is 15.1. The van der Waals surface area contributed by atoms with E-state index < -0.39 is 28.9 Å². The first-order valence-corrected chi connectivity index (χ1v) is 5.44. The van der Waals surface area contributed by atoms with Gasteiger partial charge in [-0.05, 0) is 31.2 Å². The zero-order valence-corrected chi connectivity index (χ0v) is 10.2. The zero-order valence-electron chi connectivity index (χ0n) is 10.2. The Balaban J connectivity index is 2.62. The average Bonchev–Trinajstić information content (AvgIpc) is 2.36. The molecule has 1 aromatic carbocycles. The second-order valence-electron chi connectivity index (χ2n) is 4.09. The number of hydrogen-bond donors (Lipinski definition) is 2. The lowest BCUT2D eigenvalue weighted by Crippen LogP contribution is -2.30. The molecule has 0 spiro atoms. The highest BCUT2D eigenvalue weighted by atomic mass is 19.4. The SMILES string of the molecule is Cc1c(O)n(-c2ccc(C(F)(F)F)cc2)c(=O)[nH]c1=O. The van der Waals surface area contributed by atoms with E-state index in [9.17, 15) is 27.9 Å². The van der Waals surface area contributed by atoms with Crippen molar-refractivity contribution in [2.75, 3.05) is 0 Å². The summed E-state index contributed by atoms with van der Waals surface area (Å²) in [5.41, 5.74) is -2.66. The normalized spacial score (nSPS) is 11.6. The maximum atomic E-state index is 12.4. The van der Waals surface area contributed by atoms with Gasteiger partial charge >= 0.3 is 11.9 Å². The summed E-state index contributed by atoms with van der Waals surface area (Å²) in [5, 5.41) is 9.76. The summed E-state index contributed by atoms with van der Waals surface area (Å²) < 4.78 is 38.0. The number of aromatic hydroxyl groups is 1. The van der Waals surface area contributed by atoms with E-state index in [1.54, 1.807) is 0 Å². The second kappa shape index (κ2) is 4.55. The van der Waals surface area contributed by atoms with Crippen LogP contribution in [0.5, 0.6) is 5.88 Å². The molecule has 1 heterocycles. The van der Waals surface area contributed by atoms with Crippen molar-refractivity contribution in [1.82, 2.24) is 9.55 Å². The van der Waals surface area contributed by atoms with Crippen molar-refractivity contribution in [3.05, 3.63) is 56.2 Å². The van der Waals surface area contributed by atoms with E-state index in [-0.39, 0.29) is 11.3 Å². The van der Waals surface area contributed by atoms with Crippen LogP contribution in [0.3, 0.4) is 0 Å². The van der Waals surface area contributed by atoms with Crippen molar-refractivity contribution in [2.45, 2.75) is 13.1 Å². The van der Waals surface area contributed by atoms with Gasteiger partial charge in [-0.1, -0.05) is 0 Å². The summed E-state index contributed by atoms with van der Waals surface area (Å²) in [6, 6.07) is 3.62. The van der Waals surface area contributed by atoms with Crippen LogP contribution in [0.2, 0.25) is 0 Å². The molecule has 0 aliphatic rings. The molecule has 1 aromatic heterocycles. The summed E-state index contributed by atoms with van der Waals surface area (Å²) >= 11 is 0. The monoisotopic (exact) mass is 286 g/mol. The highest BCUT2D eigenvalue weighted by molar-refractivity contribution is 5.40. The van der Waals surface area contributed by atoms with Gasteiger partial charge in [0.1, 0.15) is 0 Å². The van der Waals surface area contributed by atoms with Crippen LogP contribution in [0.15, 0.2) is 33.9 Å². The number of alkyl halides is 3. The largest absolute Gasteiger partial charge is 0.494 e. The van der Waals surface area contributed by atoms with E-state index in [4.69, 9.17) is 0 Å². The van der Waals surface area contributed by atoms with Gasteiger partial charge in [0, 0.05) is 0 Å². The topological polar surface area (TPSA) is 75.1 Å². The average molecular weight is 286 g/mol. The molecule has 0 amide bonds. The van der Waals surface area contributed by atoms with E-state index >= 15 is 0 Å². The molecule has 20 heavy (non-hydrogen) atoms. The van der Waals surface area contributed by atoms with Crippen LogP contribution in [0.1, 0.15) is 11.1 Å².